The number of alkyl halides is 1. The Kier molecular flexibility index (Phi) is 6.03. The molecule has 5 aliphatic rings. The number of carbonyl (C=O) groups is 5. The first-order valence-corrected chi connectivity index (χ1v) is 16.8. The molecule has 12 nitrogen and oxygen atoms in total. The lowest BCUT2D eigenvalue weighted by atomic mass is 9.50. The van der Waals surface area contributed by atoms with E-state index in [9.17, 15) is 24.0 Å². The lowest BCUT2D eigenvalue weighted by Gasteiger charge is -2.52. The molecular weight excluding hydrogens is 714 g/mol. The van der Waals surface area contributed by atoms with Gasteiger partial charge in [-0.05, 0) is 50.6 Å². The Hall–Kier alpha value is -5.14. The van der Waals surface area contributed by atoms with Crippen LogP contribution in [0.1, 0.15) is 92.4 Å². The lowest BCUT2D eigenvalue weighted by molar-refractivity contribution is -0.187. The normalized spacial score (nSPS) is 28.6. The first kappa shape index (κ1) is 30.9. The van der Waals surface area contributed by atoms with Crippen molar-refractivity contribution in [3.63, 3.8) is 0 Å². The van der Waals surface area contributed by atoms with Crippen molar-refractivity contribution in [1.29, 1.82) is 0 Å². The predicted molar refractivity (Wildman–Crippen MR) is 173 cm³/mol. The summed E-state index contributed by atoms with van der Waals surface area (Å²) in [4.78, 5) is 64.9. The highest BCUT2D eigenvalue weighted by Gasteiger charge is 2.83. The molecule has 9 rings (SSSR count). The molecule has 0 bridgehead atoms. The largest absolute Gasteiger partial charge is 0.459 e. The van der Waals surface area contributed by atoms with Crippen LogP contribution in [0.25, 0.3) is 11.3 Å². The maximum absolute atomic E-state index is 14.7. The average Bonchev–Trinajstić information content (AvgIpc) is 3.68. The molecule has 0 radical (unpaired) electrons. The van der Waals surface area contributed by atoms with Gasteiger partial charge in [-0.3, -0.25) is 24.0 Å². The number of carbonyl (C=O) groups excluding carboxylic acids is 5. The summed E-state index contributed by atoms with van der Waals surface area (Å²) in [7, 11) is 0. The number of ketones is 2. The predicted octanol–water partition coefficient (Wildman–Crippen LogP) is 5.54. The third kappa shape index (κ3) is 3.34. The molecule has 6 atom stereocenters. The molecule has 0 saturated carbocycles. The highest BCUT2D eigenvalue weighted by molar-refractivity contribution is 9.09. The van der Waals surface area contributed by atoms with Crippen LogP contribution in [0, 0.1) is 12.8 Å². The van der Waals surface area contributed by atoms with E-state index in [1.807, 2.05) is 6.92 Å². The summed E-state index contributed by atoms with van der Waals surface area (Å²) in [5.74, 6) is -4.19. The fourth-order valence-corrected chi connectivity index (χ4v) is 10.0. The van der Waals surface area contributed by atoms with Crippen molar-refractivity contribution in [3.05, 3.63) is 92.7 Å². The van der Waals surface area contributed by atoms with Crippen LogP contribution in [0.4, 0.5) is 0 Å². The second-order valence-corrected chi connectivity index (χ2v) is 14.3. The van der Waals surface area contributed by atoms with E-state index >= 15 is 0 Å². The maximum Gasteiger partial charge on any atom is 0.308 e. The number of hydrogen-bond donors (Lipinski definition) is 0. The second-order valence-electron chi connectivity index (χ2n) is 13.4. The third-order valence-corrected chi connectivity index (χ3v) is 12.0. The number of esters is 2. The van der Waals surface area contributed by atoms with Gasteiger partial charge in [-0.2, -0.15) is 0 Å². The molecule has 4 aromatic rings. The van der Waals surface area contributed by atoms with Gasteiger partial charge in [-0.15, -0.1) is 0 Å². The molecule has 252 valence electrons. The summed E-state index contributed by atoms with van der Waals surface area (Å²) in [5, 5.41) is 4.52. The zero-order valence-corrected chi connectivity index (χ0v) is 28.8. The summed E-state index contributed by atoms with van der Waals surface area (Å²) in [6.45, 7) is 8.21. The Morgan fingerprint density at radius 3 is 2.40 bits per heavy atom. The number of hydrogen-bond acceptors (Lipinski definition) is 12. The van der Waals surface area contributed by atoms with E-state index in [1.165, 1.54) is 19.9 Å². The van der Waals surface area contributed by atoms with E-state index in [2.05, 4.69) is 21.1 Å². The van der Waals surface area contributed by atoms with Crippen molar-refractivity contribution in [2.24, 2.45) is 5.92 Å². The summed E-state index contributed by atoms with van der Waals surface area (Å²) in [5.41, 5.74) is 0.209. The average molecular weight is 741 g/mol. The van der Waals surface area contributed by atoms with E-state index in [0.29, 0.717) is 45.7 Å². The van der Waals surface area contributed by atoms with Crippen LogP contribution >= 0.6 is 15.9 Å². The number of nitrogens with zero attached hydrogens (tertiary/aromatic N) is 1. The number of fused-ring (bicyclic) bond motifs is 6. The molecule has 0 unspecified atom stereocenters. The van der Waals surface area contributed by atoms with E-state index < -0.39 is 57.2 Å². The molecule has 3 aromatic carbocycles. The summed E-state index contributed by atoms with van der Waals surface area (Å²) in [6, 6.07) is 11.5. The van der Waals surface area contributed by atoms with Gasteiger partial charge >= 0.3 is 11.9 Å². The van der Waals surface area contributed by atoms with Crippen molar-refractivity contribution < 1.29 is 52.2 Å². The molecule has 2 aliphatic heterocycles. The van der Waals surface area contributed by atoms with E-state index in [0.717, 1.165) is 0 Å². The van der Waals surface area contributed by atoms with Crippen LogP contribution in [0.3, 0.4) is 0 Å². The van der Waals surface area contributed by atoms with Gasteiger partial charge in [-0.1, -0.05) is 39.3 Å². The van der Waals surface area contributed by atoms with Gasteiger partial charge in [0.05, 0.1) is 22.8 Å². The molecular formula is C37H26BrNO11. The van der Waals surface area contributed by atoms with Crippen LogP contribution in [-0.4, -0.2) is 46.8 Å². The summed E-state index contributed by atoms with van der Waals surface area (Å²) in [6.07, 6.45) is -0.653. The van der Waals surface area contributed by atoms with Gasteiger partial charge in [0.25, 0.3) is 12.3 Å². The number of aromatic nitrogens is 1. The molecule has 1 aromatic heterocycles. The number of halogens is 1. The summed E-state index contributed by atoms with van der Waals surface area (Å²) < 4.78 is 37.2. The van der Waals surface area contributed by atoms with E-state index in [-0.39, 0.29) is 39.5 Å². The first-order valence-electron chi connectivity index (χ1n) is 15.9. The van der Waals surface area contributed by atoms with Crippen LogP contribution < -0.4 is 14.2 Å². The van der Waals surface area contributed by atoms with Gasteiger partial charge in [0.15, 0.2) is 11.5 Å². The quantitative estimate of drug-likeness (QED) is 0.0983. The second kappa shape index (κ2) is 9.76. The van der Waals surface area contributed by atoms with Crippen molar-refractivity contribution in [3.8, 4) is 28.5 Å². The van der Waals surface area contributed by atoms with Crippen LogP contribution in [-0.2, 0) is 35.1 Å². The zero-order chi connectivity index (χ0) is 35.2. The molecule has 1 fully saturated rings. The van der Waals surface area contributed by atoms with Crippen molar-refractivity contribution >= 4 is 45.9 Å². The molecule has 0 N–H and O–H groups in total. The Morgan fingerprint density at radius 1 is 0.940 bits per heavy atom. The summed E-state index contributed by atoms with van der Waals surface area (Å²) >= 11 is 3.75. The first-order chi connectivity index (χ1) is 23.8. The minimum atomic E-state index is -1.76. The van der Waals surface area contributed by atoms with Crippen LogP contribution in [0.2, 0.25) is 0 Å². The van der Waals surface area contributed by atoms with Gasteiger partial charge in [0.1, 0.15) is 38.8 Å². The van der Waals surface area contributed by atoms with Crippen molar-refractivity contribution in [2.75, 3.05) is 0 Å². The Labute approximate surface area is 292 Å². The minimum Gasteiger partial charge on any atom is -0.459 e. The molecule has 3 aliphatic carbocycles. The zero-order valence-electron chi connectivity index (χ0n) is 27.2. The van der Waals surface area contributed by atoms with Crippen molar-refractivity contribution in [1.82, 2.24) is 5.16 Å². The van der Waals surface area contributed by atoms with Crippen LogP contribution in [0.15, 0.2) is 47.0 Å². The Balaban J connectivity index is 1.41. The number of ether oxygens (including phenoxy) is 5. The highest BCUT2D eigenvalue weighted by atomic mass is 79.9. The Bertz CT molecular complexity index is 2330. The number of aryl methyl sites for hydroxylation is 1. The number of rotatable bonds is 4. The van der Waals surface area contributed by atoms with Crippen molar-refractivity contribution in [2.45, 2.75) is 62.4 Å². The molecule has 3 heterocycles. The molecule has 1 saturated heterocycles. The molecule has 1 spiro atoms. The van der Waals surface area contributed by atoms with E-state index in [1.54, 1.807) is 50.2 Å². The highest BCUT2D eigenvalue weighted by Crippen LogP contribution is 2.77. The topological polar surface area (TPSA) is 158 Å². The smallest absolute Gasteiger partial charge is 0.308 e. The maximum atomic E-state index is 14.7. The van der Waals surface area contributed by atoms with Gasteiger partial charge < -0.3 is 28.2 Å². The van der Waals surface area contributed by atoms with Gasteiger partial charge in [0.2, 0.25) is 5.78 Å². The fraction of sp³-hybridized carbons (Fsp3) is 0.297. The van der Waals surface area contributed by atoms with Crippen LogP contribution in [0.5, 0.6) is 17.2 Å². The standard InChI is InChI=1S/C37H26BrNO11/c1-14-11-19-24(23(12-14)47-17(4)42)30(44)25-18(29(19)43)9-10-21-31(25)49-37-20-7-6-8-22(46-16(3)41)26(20)28-27-32(50-39-28)34(38)35(5,45-13-40)33(15(2)48-37)36(21,27)37/h6-13,15,33-34H,1-5H3/t15-,33+,34-,35-,36-,37+/m1/s1. The van der Waals surface area contributed by atoms with Gasteiger partial charge in [0, 0.05) is 47.6 Å². The minimum absolute atomic E-state index is 0.0338. The van der Waals surface area contributed by atoms with Gasteiger partial charge in [-0.25, -0.2) is 0 Å². The molecule has 50 heavy (non-hydrogen) atoms. The monoisotopic (exact) mass is 739 g/mol. The van der Waals surface area contributed by atoms with E-state index in [4.69, 9.17) is 28.2 Å². The molecule has 0 amide bonds. The molecule has 13 heteroatoms. The Morgan fingerprint density at radius 2 is 1.68 bits per heavy atom. The third-order valence-electron chi connectivity index (χ3n) is 10.7. The SMILES string of the molecule is CC(=O)Oc1cc(C)cc2c1C(=O)c1c(ccc3c1O[C@]14O[C@H](C)[C@H]5[C@@](C)(OC=O)[C@H](Br)c6onc(c6[C@]351)-c1c(OC(C)=O)cccc14)C2=O. The number of benzene rings is 3. The lowest BCUT2D eigenvalue weighted by Crippen LogP contribution is -2.61. The fourth-order valence-electron chi connectivity index (χ4n) is 9.31.